The van der Waals surface area contributed by atoms with E-state index in [9.17, 15) is 4.79 Å². The zero-order valence-electron chi connectivity index (χ0n) is 10.8. The Morgan fingerprint density at radius 1 is 1.39 bits per heavy atom. The molecule has 1 spiro atoms. The maximum Gasteiger partial charge on any atom is 0.235 e. The number of amides is 1. The lowest BCUT2D eigenvalue weighted by Gasteiger charge is -2.34. The van der Waals surface area contributed by atoms with Crippen LogP contribution >= 0.6 is 0 Å². The van der Waals surface area contributed by atoms with Crippen LogP contribution < -0.4 is 11.1 Å². The molecule has 1 aliphatic heterocycles. The standard InChI is InChI=1S/C15H20N2O/c1-2-10-4-3-5-12-13(10)17-14(18)15(12)8-6-11(16)7-9-15/h3-5,11H,2,6-9,16H2,1H3,(H,17,18). The number of rotatable bonds is 1. The molecule has 1 fully saturated rings. The third-order valence-corrected chi connectivity index (χ3v) is 4.60. The molecule has 0 bridgehead atoms. The van der Waals surface area contributed by atoms with E-state index in [1.165, 1.54) is 11.1 Å². The van der Waals surface area contributed by atoms with Crippen molar-refractivity contribution in [3.05, 3.63) is 29.3 Å². The molecule has 1 aliphatic carbocycles. The fraction of sp³-hybridized carbons (Fsp3) is 0.533. The van der Waals surface area contributed by atoms with Gasteiger partial charge in [0.25, 0.3) is 0 Å². The minimum Gasteiger partial charge on any atom is -0.328 e. The normalized spacial score (nSPS) is 30.3. The molecule has 96 valence electrons. The number of hydrogen-bond donors (Lipinski definition) is 2. The molecular weight excluding hydrogens is 224 g/mol. The van der Waals surface area contributed by atoms with Gasteiger partial charge in [-0.1, -0.05) is 25.1 Å². The summed E-state index contributed by atoms with van der Waals surface area (Å²) in [5.74, 6) is 0.185. The fourth-order valence-electron chi connectivity index (χ4n) is 3.43. The summed E-state index contributed by atoms with van der Waals surface area (Å²) in [6, 6.07) is 6.56. The van der Waals surface area contributed by atoms with Gasteiger partial charge in [0.2, 0.25) is 5.91 Å². The summed E-state index contributed by atoms with van der Waals surface area (Å²) in [6.07, 6.45) is 4.63. The summed E-state index contributed by atoms with van der Waals surface area (Å²) in [5, 5.41) is 3.11. The van der Waals surface area contributed by atoms with Crippen LogP contribution in [0.2, 0.25) is 0 Å². The Bertz CT molecular complexity index is 487. The molecule has 1 saturated carbocycles. The minimum absolute atomic E-state index is 0.185. The van der Waals surface area contributed by atoms with Crippen molar-refractivity contribution < 1.29 is 4.79 Å². The molecule has 3 nitrogen and oxygen atoms in total. The Balaban J connectivity index is 2.07. The second-order valence-electron chi connectivity index (χ2n) is 5.57. The number of nitrogens with two attached hydrogens (primary N) is 1. The fourth-order valence-corrected chi connectivity index (χ4v) is 3.43. The Morgan fingerprint density at radius 3 is 2.78 bits per heavy atom. The van der Waals surface area contributed by atoms with E-state index in [1.54, 1.807) is 0 Å². The van der Waals surface area contributed by atoms with Crippen LogP contribution in [0.25, 0.3) is 0 Å². The van der Waals surface area contributed by atoms with Crippen molar-refractivity contribution in [1.82, 2.24) is 0 Å². The summed E-state index contributed by atoms with van der Waals surface area (Å²) >= 11 is 0. The Kier molecular flexibility index (Phi) is 2.67. The van der Waals surface area contributed by atoms with Gasteiger partial charge in [-0.05, 0) is 43.2 Å². The first-order valence-electron chi connectivity index (χ1n) is 6.87. The van der Waals surface area contributed by atoms with Crippen LogP contribution in [-0.2, 0) is 16.6 Å². The van der Waals surface area contributed by atoms with Gasteiger partial charge >= 0.3 is 0 Å². The third kappa shape index (κ3) is 1.50. The van der Waals surface area contributed by atoms with E-state index in [2.05, 4.69) is 30.4 Å². The highest BCUT2D eigenvalue weighted by atomic mass is 16.2. The average Bonchev–Trinajstić information content (AvgIpc) is 2.66. The smallest absolute Gasteiger partial charge is 0.235 e. The van der Waals surface area contributed by atoms with Crippen molar-refractivity contribution in [2.24, 2.45) is 5.73 Å². The lowest BCUT2D eigenvalue weighted by Crippen LogP contribution is -2.41. The van der Waals surface area contributed by atoms with Crippen LogP contribution in [0, 0.1) is 0 Å². The van der Waals surface area contributed by atoms with Crippen molar-refractivity contribution in [3.8, 4) is 0 Å². The van der Waals surface area contributed by atoms with E-state index >= 15 is 0 Å². The molecule has 1 aromatic rings. The molecule has 3 rings (SSSR count). The number of carbonyl (C=O) groups excluding carboxylic acids is 1. The van der Waals surface area contributed by atoms with Crippen molar-refractivity contribution in [3.63, 3.8) is 0 Å². The Hall–Kier alpha value is -1.35. The molecule has 3 N–H and O–H groups in total. The summed E-state index contributed by atoms with van der Waals surface area (Å²) in [6.45, 7) is 2.13. The second-order valence-corrected chi connectivity index (χ2v) is 5.57. The van der Waals surface area contributed by atoms with E-state index in [4.69, 9.17) is 5.73 Å². The maximum atomic E-state index is 12.4. The number of anilines is 1. The van der Waals surface area contributed by atoms with Crippen molar-refractivity contribution >= 4 is 11.6 Å². The molecule has 1 aromatic carbocycles. The van der Waals surface area contributed by atoms with Gasteiger partial charge in [0, 0.05) is 11.7 Å². The molecule has 18 heavy (non-hydrogen) atoms. The number of hydrogen-bond acceptors (Lipinski definition) is 2. The van der Waals surface area contributed by atoms with Crippen LogP contribution in [0.4, 0.5) is 5.69 Å². The van der Waals surface area contributed by atoms with Crippen molar-refractivity contribution in [2.45, 2.75) is 50.5 Å². The Labute approximate surface area is 108 Å². The Morgan fingerprint density at radius 2 is 2.11 bits per heavy atom. The summed E-state index contributed by atoms with van der Waals surface area (Å²) in [7, 11) is 0. The average molecular weight is 244 g/mol. The largest absolute Gasteiger partial charge is 0.328 e. The molecule has 0 radical (unpaired) electrons. The summed E-state index contributed by atoms with van der Waals surface area (Å²) in [5.41, 5.74) is 9.20. The molecule has 1 heterocycles. The van der Waals surface area contributed by atoms with E-state index in [0.29, 0.717) is 0 Å². The first kappa shape index (κ1) is 11.7. The molecule has 2 aliphatic rings. The predicted molar refractivity (Wildman–Crippen MR) is 72.6 cm³/mol. The number of benzene rings is 1. The third-order valence-electron chi connectivity index (χ3n) is 4.60. The van der Waals surface area contributed by atoms with E-state index in [1.807, 2.05) is 0 Å². The van der Waals surface area contributed by atoms with Gasteiger partial charge in [-0.2, -0.15) is 0 Å². The van der Waals surface area contributed by atoms with Crippen LogP contribution in [-0.4, -0.2) is 11.9 Å². The topological polar surface area (TPSA) is 55.1 Å². The number of carbonyl (C=O) groups is 1. The zero-order chi connectivity index (χ0) is 12.8. The van der Waals surface area contributed by atoms with E-state index < -0.39 is 0 Å². The highest BCUT2D eigenvalue weighted by Crippen LogP contribution is 2.48. The molecular formula is C15H20N2O. The zero-order valence-corrected chi connectivity index (χ0v) is 10.8. The molecule has 1 amide bonds. The molecule has 0 aromatic heterocycles. The van der Waals surface area contributed by atoms with Crippen LogP contribution in [0.15, 0.2) is 18.2 Å². The van der Waals surface area contributed by atoms with Gasteiger partial charge in [-0.15, -0.1) is 0 Å². The monoisotopic (exact) mass is 244 g/mol. The number of para-hydroxylation sites is 1. The van der Waals surface area contributed by atoms with Gasteiger partial charge in [0.1, 0.15) is 0 Å². The lowest BCUT2D eigenvalue weighted by molar-refractivity contribution is -0.122. The first-order valence-corrected chi connectivity index (χ1v) is 6.87. The van der Waals surface area contributed by atoms with Crippen molar-refractivity contribution in [2.75, 3.05) is 5.32 Å². The number of nitrogens with one attached hydrogen (secondary N) is 1. The highest BCUT2D eigenvalue weighted by Gasteiger charge is 2.48. The first-order chi connectivity index (χ1) is 8.67. The lowest BCUT2D eigenvalue weighted by atomic mass is 9.69. The summed E-state index contributed by atoms with van der Waals surface area (Å²) in [4.78, 5) is 12.4. The maximum absolute atomic E-state index is 12.4. The van der Waals surface area contributed by atoms with Gasteiger partial charge < -0.3 is 11.1 Å². The molecule has 0 saturated heterocycles. The van der Waals surface area contributed by atoms with Crippen LogP contribution in [0.5, 0.6) is 0 Å². The van der Waals surface area contributed by atoms with Crippen LogP contribution in [0.1, 0.15) is 43.7 Å². The van der Waals surface area contributed by atoms with Crippen molar-refractivity contribution in [1.29, 1.82) is 0 Å². The SMILES string of the molecule is CCc1cccc2c1NC(=O)C21CCC(N)CC1. The highest BCUT2D eigenvalue weighted by molar-refractivity contribution is 6.07. The molecule has 0 unspecified atom stereocenters. The number of aryl methyl sites for hydroxylation is 1. The number of fused-ring (bicyclic) bond motifs is 2. The van der Waals surface area contributed by atoms with E-state index in [-0.39, 0.29) is 17.4 Å². The molecule has 3 heteroatoms. The summed E-state index contributed by atoms with van der Waals surface area (Å²) < 4.78 is 0. The van der Waals surface area contributed by atoms with E-state index in [0.717, 1.165) is 37.8 Å². The van der Waals surface area contributed by atoms with Gasteiger partial charge in [0.05, 0.1) is 5.41 Å². The quantitative estimate of drug-likeness (QED) is 0.796. The molecule has 0 atom stereocenters. The predicted octanol–water partition coefficient (Wildman–Crippen LogP) is 2.34. The second kappa shape index (κ2) is 4.09. The minimum atomic E-state index is -0.295. The van der Waals surface area contributed by atoms with Gasteiger partial charge in [0.15, 0.2) is 0 Å². The van der Waals surface area contributed by atoms with Crippen LogP contribution in [0.3, 0.4) is 0 Å². The van der Waals surface area contributed by atoms with Gasteiger partial charge in [-0.3, -0.25) is 4.79 Å². The van der Waals surface area contributed by atoms with Gasteiger partial charge in [-0.25, -0.2) is 0 Å².